The lowest BCUT2D eigenvalue weighted by Gasteiger charge is -2.16. The highest BCUT2D eigenvalue weighted by atomic mass is 16.3. The summed E-state index contributed by atoms with van der Waals surface area (Å²) < 4.78 is 0. The Morgan fingerprint density at radius 3 is 2.08 bits per heavy atom. The van der Waals surface area contributed by atoms with Crippen molar-refractivity contribution in [3.8, 4) is 0 Å². The number of likely N-dealkylation sites (N-methyl/N-ethyl adjacent to an activating group) is 1. The van der Waals surface area contributed by atoms with Gasteiger partial charge in [-0.3, -0.25) is 0 Å². The first-order valence-electron chi connectivity index (χ1n) is 4.62. The summed E-state index contributed by atoms with van der Waals surface area (Å²) in [5.74, 6) is 0. The van der Waals surface area contributed by atoms with Crippen LogP contribution in [0.3, 0.4) is 0 Å². The first kappa shape index (κ1) is 11.7. The Kier molecular flexibility index (Phi) is 5.18. The van der Waals surface area contributed by atoms with Gasteiger partial charge in [-0.25, -0.2) is 0 Å². The van der Waals surface area contributed by atoms with Gasteiger partial charge in [-0.1, -0.05) is 26.0 Å². The molecule has 0 aliphatic rings. The predicted molar refractivity (Wildman–Crippen MR) is 53.2 cm³/mol. The second-order valence-corrected chi connectivity index (χ2v) is 3.54. The van der Waals surface area contributed by atoms with E-state index in [9.17, 15) is 5.11 Å². The van der Waals surface area contributed by atoms with Gasteiger partial charge in [0, 0.05) is 6.54 Å². The standard InChI is InChI=1S/C10H21NO/c1-5-11(6-2)9-7-8-10(3,4)12/h7-8,12H,5-6,9H2,1-4H3/b8-7-. The molecule has 0 aromatic carbocycles. The van der Waals surface area contributed by atoms with Gasteiger partial charge in [0.25, 0.3) is 0 Å². The molecule has 72 valence electrons. The van der Waals surface area contributed by atoms with Gasteiger partial charge in [-0.15, -0.1) is 0 Å². The monoisotopic (exact) mass is 171 g/mol. The van der Waals surface area contributed by atoms with Crippen molar-refractivity contribution < 1.29 is 5.11 Å². The Morgan fingerprint density at radius 1 is 1.25 bits per heavy atom. The van der Waals surface area contributed by atoms with Crippen molar-refractivity contribution in [2.24, 2.45) is 0 Å². The molecule has 0 saturated carbocycles. The van der Waals surface area contributed by atoms with Crippen molar-refractivity contribution in [2.45, 2.75) is 33.3 Å². The van der Waals surface area contributed by atoms with Crippen LogP contribution in [0.25, 0.3) is 0 Å². The maximum absolute atomic E-state index is 9.37. The van der Waals surface area contributed by atoms with Crippen molar-refractivity contribution in [1.29, 1.82) is 0 Å². The van der Waals surface area contributed by atoms with E-state index < -0.39 is 5.60 Å². The minimum absolute atomic E-state index is 0.673. The van der Waals surface area contributed by atoms with E-state index in [0.717, 1.165) is 19.6 Å². The summed E-state index contributed by atoms with van der Waals surface area (Å²) in [5, 5.41) is 9.37. The van der Waals surface area contributed by atoms with Crippen LogP contribution in [0.2, 0.25) is 0 Å². The molecule has 0 aliphatic heterocycles. The maximum Gasteiger partial charge on any atom is 0.0772 e. The van der Waals surface area contributed by atoms with Crippen LogP contribution in [0.15, 0.2) is 12.2 Å². The normalized spacial score (nSPS) is 13.2. The summed E-state index contributed by atoms with van der Waals surface area (Å²) in [7, 11) is 0. The topological polar surface area (TPSA) is 23.5 Å². The van der Waals surface area contributed by atoms with Crippen LogP contribution in [0.4, 0.5) is 0 Å². The Balaban J connectivity index is 3.73. The summed E-state index contributed by atoms with van der Waals surface area (Å²) in [5.41, 5.74) is -0.673. The molecule has 0 aliphatic carbocycles. The SMILES string of the molecule is CCN(CC)C/C=C\C(C)(C)O. The maximum atomic E-state index is 9.37. The molecule has 0 fully saturated rings. The average molecular weight is 171 g/mol. The minimum Gasteiger partial charge on any atom is -0.386 e. The van der Waals surface area contributed by atoms with Gasteiger partial charge in [-0.05, 0) is 26.9 Å². The first-order valence-corrected chi connectivity index (χ1v) is 4.62. The molecular formula is C10H21NO. The Bertz CT molecular complexity index is 131. The minimum atomic E-state index is -0.673. The molecular weight excluding hydrogens is 150 g/mol. The van der Waals surface area contributed by atoms with Gasteiger partial charge < -0.3 is 10.0 Å². The second-order valence-electron chi connectivity index (χ2n) is 3.54. The van der Waals surface area contributed by atoms with E-state index in [1.165, 1.54) is 0 Å². The van der Waals surface area contributed by atoms with E-state index in [2.05, 4.69) is 18.7 Å². The molecule has 0 radical (unpaired) electrons. The highest BCUT2D eigenvalue weighted by Crippen LogP contribution is 2.02. The molecule has 12 heavy (non-hydrogen) atoms. The largest absolute Gasteiger partial charge is 0.386 e. The van der Waals surface area contributed by atoms with Crippen molar-refractivity contribution in [3.63, 3.8) is 0 Å². The third-order valence-corrected chi connectivity index (χ3v) is 1.78. The lowest BCUT2D eigenvalue weighted by atomic mass is 10.1. The van der Waals surface area contributed by atoms with Gasteiger partial charge in [0.15, 0.2) is 0 Å². The van der Waals surface area contributed by atoms with E-state index in [1.807, 2.05) is 12.2 Å². The van der Waals surface area contributed by atoms with E-state index >= 15 is 0 Å². The first-order chi connectivity index (χ1) is 5.49. The highest BCUT2D eigenvalue weighted by Gasteiger charge is 2.05. The Hall–Kier alpha value is -0.340. The Labute approximate surface area is 75.9 Å². The van der Waals surface area contributed by atoms with E-state index in [0.29, 0.717) is 0 Å². The number of aliphatic hydroxyl groups is 1. The highest BCUT2D eigenvalue weighted by molar-refractivity contribution is 4.96. The molecule has 0 amide bonds. The third kappa shape index (κ3) is 6.38. The number of hydrogen-bond acceptors (Lipinski definition) is 2. The lowest BCUT2D eigenvalue weighted by Crippen LogP contribution is -2.23. The zero-order valence-corrected chi connectivity index (χ0v) is 8.67. The van der Waals surface area contributed by atoms with Gasteiger partial charge in [0.05, 0.1) is 5.60 Å². The molecule has 1 N–H and O–H groups in total. The fourth-order valence-electron chi connectivity index (χ4n) is 0.972. The smallest absolute Gasteiger partial charge is 0.0772 e. The number of hydrogen-bond donors (Lipinski definition) is 1. The second kappa shape index (κ2) is 5.33. The van der Waals surface area contributed by atoms with Crippen LogP contribution in [0.1, 0.15) is 27.7 Å². The number of rotatable bonds is 5. The van der Waals surface area contributed by atoms with Crippen LogP contribution in [-0.4, -0.2) is 35.2 Å². The van der Waals surface area contributed by atoms with Gasteiger partial charge in [0.2, 0.25) is 0 Å². The molecule has 0 bridgehead atoms. The molecule has 2 heteroatoms. The average Bonchev–Trinajstić information content (AvgIpc) is 1.96. The van der Waals surface area contributed by atoms with E-state index in [1.54, 1.807) is 13.8 Å². The Morgan fingerprint density at radius 2 is 1.75 bits per heavy atom. The predicted octanol–water partition coefficient (Wildman–Crippen LogP) is 1.66. The van der Waals surface area contributed by atoms with E-state index in [4.69, 9.17) is 0 Å². The van der Waals surface area contributed by atoms with Crippen LogP contribution in [0, 0.1) is 0 Å². The molecule has 0 spiro atoms. The van der Waals surface area contributed by atoms with Crippen LogP contribution in [-0.2, 0) is 0 Å². The summed E-state index contributed by atoms with van der Waals surface area (Å²) >= 11 is 0. The molecule has 0 heterocycles. The van der Waals surface area contributed by atoms with E-state index in [-0.39, 0.29) is 0 Å². The van der Waals surface area contributed by atoms with Gasteiger partial charge in [0.1, 0.15) is 0 Å². The fourth-order valence-corrected chi connectivity index (χ4v) is 0.972. The summed E-state index contributed by atoms with van der Waals surface area (Å²) in [4.78, 5) is 2.29. The van der Waals surface area contributed by atoms with Crippen LogP contribution >= 0.6 is 0 Å². The lowest BCUT2D eigenvalue weighted by molar-refractivity contribution is 0.132. The fraction of sp³-hybridized carbons (Fsp3) is 0.800. The summed E-state index contributed by atoms with van der Waals surface area (Å²) in [6.07, 6.45) is 3.86. The summed E-state index contributed by atoms with van der Waals surface area (Å²) in [6, 6.07) is 0. The number of nitrogens with zero attached hydrogens (tertiary/aromatic N) is 1. The van der Waals surface area contributed by atoms with Gasteiger partial charge in [-0.2, -0.15) is 0 Å². The molecule has 2 nitrogen and oxygen atoms in total. The quantitative estimate of drug-likeness (QED) is 0.636. The van der Waals surface area contributed by atoms with Crippen molar-refractivity contribution in [1.82, 2.24) is 4.90 Å². The molecule has 0 saturated heterocycles. The molecule has 0 rings (SSSR count). The molecule has 0 atom stereocenters. The zero-order chi connectivity index (χ0) is 9.61. The van der Waals surface area contributed by atoms with Crippen molar-refractivity contribution in [3.05, 3.63) is 12.2 Å². The van der Waals surface area contributed by atoms with Crippen molar-refractivity contribution in [2.75, 3.05) is 19.6 Å². The van der Waals surface area contributed by atoms with Crippen LogP contribution in [0.5, 0.6) is 0 Å². The summed E-state index contributed by atoms with van der Waals surface area (Å²) in [6.45, 7) is 10.9. The zero-order valence-electron chi connectivity index (χ0n) is 8.67. The molecule has 0 unspecified atom stereocenters. The van der Waals surface area contributed by atoms with Gasteiger partial charge >= 0.3 is 0 Å². The molecule has 0 aromatic rings. The van der Waals surface area contributed by atoms with Crippen molar-refractivity contribution >= 4 is 0 Å². The molecule has 0 aromatic heterocycles. The third-order valence-electron chi connectivity index (χ3n) is 1.78. The van der Waals surface area contributed by atoms with Crippen LogP contribution < -0.4 is 0 Å².